The van der Waals surface area contributed by atoms with Crippen LogP contribution >= 0.6 is 0 Å². The second-order valence-electron chi connectivity index (χ2n) is 10.7. The fourth-order valence-electron chi connectivity index (χ4n) is 5.08. The lowest BCUT2D eigenvalue weighted by Crippen LogP contribution is -2.12. The van der Waals surface area contributed by atoms with Gasteiger partial charge >= 0.3 is 0 Å². The molecule has 13 heteroatoms. The van der Waals surface area contributed by atoms with Crippen LogP contribution in [-0.4, -0.2) is 47.4 Å². The molecule has 0 radical (unpaired) electrons. The van der Waals surface area contributed by atoms with Crippen molar-refractivity contribution in [3.8, 4) is 34.4 Å². The summed E-state index contributed by atoms with van der Waals surface area (Å²) in [5.74, 6) is 0.879. The van der Waals surface area contributed by atoms with Gasteiger partial charge in [-0.25, -0.2) is 0 Å². The van der Waals surface area contributed by atoms with Crippen molar-refractivity contribution in [2.45, 2.75) is 6.42 Å². The van der Waals surface area contributed by atoms with Gasteiger partial charge in [-0.3, -0.25) is 9.98 Å². The standard InChI is InChI=1S/C36H29N13/c1-39-26-17-19-27(20-18-26)40-22-21-29-30(24-11-5-2-6-12-24)46-48(33(29)37)35-41-23-42-36(43-35)49-34(38)32(45-44-28-15-9-4-10-16-28)31(47-49)25-13-7-3-8-14-25/h2-20,22-23H,1,21,37-38H2. The number of aromatic nitrogens is 7. The molecule has 0 amide bonds. The summed E-state index contributed by atoms with van der Waals surface area (Å²) in [4.78, 5) is 22.0. The fourth-order valence-corrected chi connectivity index (χ4v) is 5.08. The highest BCUT2D eigenvalue weighted by molar-refractivity contribution is 5.81. The number of aliphatic imine (C=N–C) groups is 2. The Morgan fingerprint density at radius 1 is 0.612 bits per heavy atom. The van der Waals surface area contributed by atoms with E-state index in [2.05, 4.69) is 36.9 Å². The molecule has 0 aliphatic rings. The summed E-state index contributed by atoms with van der Waals surface area (Å²) < 4.78 is 2.89. The summed E-state index contributed by atoms with van der Waals surface area (Å²) in [6, 6.07) is 36.1. The molecular weight excluding hydrogens is 614 g/mol. The summed E-state index contributed by atoms with van der Waals surface area (Å²) in [5.41, 5.74) is 19.6. The van der Waals surface area contributed by atoms with Gasteiger partial charge in [0.25, 0.3) is 11.9 Å². The third-order valence-electron chi connectivity index (χ3n) is 7.53. The topological polar surface area (TPSA) is 176 Å². The predicted molar refractivity (Wildman–Crippen MR) is 192 cm³/mol. The molecule has 3 aromatic heterocycles. The molecule has 238 valence electrons. The van der Waals surface area contributed by atoms with E-state index in [4.69, 9.17) is 26.6 Å². The van der Waals surface area contributed by atoms with Crippen LogP contribution in [0.15, 0.2) is 142 Å². The zero-order valence-corrected chi connectivity index (χ0v) is 26.1. The Kier molecular flexibility index (Phi) is 8.52. The number of hydrogen-bond donors (Lipinski definition) is 2. The first-order valence-electron chi connectivity index (χ1n) is 15.2. The van der Waals surface area contributed by atoms with E-state index >= 15 is 0 Å². The zero-order valence-electron chi connectivity index (χ0n) is 26.1. The van der Waals surface area contributed by atoms with Gasteiger partial charge < -0.3 is 11.5 Å². The maximum Gasteiger partial charge on any atom is 0.257 e. The SMILES string of the molecule is C=Nc1ccc(N=CCc2c(-c3ccccc3)nn(-c3ncnc(-n4nc(-c5ccccc5)c(N=Nc5ccccc5)c4N)n3)c2N)cc1. The minimum atomic E-state index is 0.151. The Morgan fingerprint density at radius 3 is 1.80 bits per heavy atom. The number of nitrogens with two attached hydrogens (primary N) is 2. The normalized spacial score (nSPS) is 11.4. The zero-order chi connectivity index (χ0) is 33.6. The molecule has 0 aliphatic heterocycles. The maximum absolute atomic E-state index is 6.75. The van der Waals surface area contributed by atoms with Gasteiger partial charge in [-0.2, -0.15) is 39.6 Å². The smallest absolute Gasteiger partial charge is 0.257 e. The van der Waals surface area contributed by atoms with Crippen molar-refractivity contribution in [1.82, 2.24) is 34.5 Å². The van der Waals surface area contributed by atoms with Crippen LogP contribution in [0.2, 0.25) is 0 Å². The average Bonchev–Trinajstić information content (AvgIpc) is 3.67. The molecule has 4 N–H and O–H groups in total. The van der Waals surface area contributed by atoms with Gasteiger partial charge in [0.1, 0.15) is 17.8 Å². The van der Waals surface area contributed by atoms with Gasteiger partial charge in [0.15, 0.2) is 11.5 Å². The molecule has 0 saturated carbocycles. The van der Waals surface area contributed by atoms with Crippen molar-refractivity contribution in [2.24, 2.45) is 20.2 Å². The number of anilines is 2. The first-order chi connectivity index (χ1) is 24.1. The molecule has 0 spiro atoms. The number of benzene rings is 4. The van der Waals surface area contributed by atoms with Crippen LogP contribution in [0.25, 0.3) is 34.4 Å². The van der Waals surface area contributed by atoms with Crippen LogP contribution in [0, 0.1) is 0 Å². The fraction of sp³-hybridized carbons (Fsp3) is 0.0278. The van der Waals surface area contributed by atoms with Crippen LogP contribution in [0.1, 0.15) is 5.56 Å². The highest BCUT2D eigenvalue weighted by Crippen LogP contribution is 2.37. The van der Waals surface area contributed by atoms with E-state index in [1.165, 1.54) is 15.7 Å². The van der Waals surface area contributed by atoms with E-state index in [1.807, 2.05) is 115 Å². The van der Waals surface area contributed by atoms with Gasteiger partial charge in [-0.05, 0) is 43.1 Å². The quantitative estimate of drug-likeness (QED) is 0.115. The van der Waals surface area contributed by atoms with Crippen molar-refractivity contribution in [2.75, 3.05) is 11.5 Å². The highest BCUT2D eigenvalue weighted by Gasteiger charge is 2.23. The number of nitrogens with zero attached hydrogens (tertiary/aromatic N) is 11. The molecule has 0 aliphatic carbocycles. The molecule has 7 aromatic rings. The van der Waals surface area contributed by atoms with Gasteiger partial charge in [-0.1, -0.05) is 78.9 Å². The summed E-state index contributed by atoms with van der Waals surface area (Å²) >= 11 is 0. The summed E-state index contributed by atoms with van der Waals surface area (Å²) in [5, 5.41) is 18.5. The molecule has 3 heterocycles. The van der Waals surface area contributed by atoms with Crippen molar-refractivity contribution >= 4 is 47.3 Å². The number of hydrogen-bond acceptors (Lipinski definition) is 11. The lowest BCUT2D eigenvalue weighted by atomic mass is 10.1. The van der Waals surface area contributed by atoms with Gasteiger partial charge in [-0.15, -0.1) is 5.11 Å². The van der Waals surface area contributed by atoms with E-state index in [-0.39, 0.29) is 17.7 Å². The molecule has 0 atom stereocenters. The lowest BCUT2D eigenvalue weighted by molar-refractivity contribution is 0.754. The van der Waals surface area contributed by atoms with E-state index in [9.17, 15) is 0 Å². The van der Waals surface area contributed by atoms with Crippen molar-refractivity contribution < 1.29 is 0 Å². The largest absolute Gasteiger partial charge is 0.383 e. The average molecular weight is 644 g/mol. The molecule has 13 nitrogen and oxygen atoms in total. The van der Waals surface area contributed by atoms with E-state index < -0.39 is 0 Å². The van der Waals surface area contributed by atoms with E-state index in [1.54, 1.807) is 6.21 Å². The number of azo groups is 1. The first-order valence-corrected chi connectivity index (χ1v) is 15.2. The third kappa shape index (κ3) is 6.44. The Balaban J connectivity index is 1.28. The highest BCUT2D eigenvalue weighted by atomic mass is 15.4. The van der Waals surface area contributed by atoms with Gasteiger partial charge in [0.05, 0.1) is 22.8 Å². The Hall–Kier alpha value is -7.15. The Bertz CT molecular complexity index is 2270. The van der Waals surface area contributed by atoms with Crippen LogP contribution in [-0.2, 0) is 6.42 Å². The summed E-state index contributed by atoms with van der Waals surface area (Å²) in [6.45, 7) is 3.56. The van der Waals surface area contributed by atoms with Crippen molar-refractivity contribution in [3.63, 3.8) is 0 Å². The molecule has 0 saturated heterocycles. The molecule has 0 bridgehead atoms. The molecular formula is C36H29N13. The Morgan fingerprint density at radius 2 is 1.16 bits per heavy atom. The second-order valence-corrected chi connectivity index (χ2v) is 10.7. The van der Waals surface area contributed by atoms with Crippen LogP contribution in [0.4, 0.5) is 34.4 Å². The van der Waals surface area contributed by atoms with Crippen LogP contribution < -0.4 is 11.5 Å². The molecule has 4 aromatic carbocycles. The monoisotopic (exact) mass is 643 g/mol. The molecule has 0 unspecified atom stereocenters. The van der Waals surface area contributed by atoms with E-state index in [0.717, 1.165) is 28.1 Å². The Labute approximate surface area is 281 Å². The third-order valence-corrected chi connectivity index (χ3v) is 7.53. The van der Waals surface area contributed by atoms with Gasteiger partial charge in [0.2, 0.25) is 0 Å². The minimum absolute atomic E-state index is 0.151. The number of nitrogen functional groups attached to an aromatic ring is 2. The summed E-state index contributed by atoms with van der Waals surface area (Å²) in [6.07, 6.45) is 3.55. The molecule has 49 heavy (non-hydrogen) atoms. The van der Waals surface area contributed by atoms with Crippen LogP contribution in [0.3, 0.4) is 0 Å². The van der Waals surface area contributed by atoms with Crippen molar-refractivity contribution in [3.05, 3.63) is 127 Å². The molecule has 0 fully saturated rings. The first kappa shape index (κ1) is 30.5. The van der Waals surface area contributed by atoms with Crippen molar-refractivity contribution in [1.29, 1.82) is 0 Å². The van der Waals surface area contributed by atoms with Crippen LogP contribution in [0.5, 0.6) is 0 Å². The predicted octanol–water partition coefficient (Wildman–Crippen LogP) is 7.43. The second kappa shape index (κ2) is 13.7. The van der Waals surface area contributed by atoms with Gasteiger partial charge in [0, 0.05) is 29.3 Å². The lowest BCUT2D eigenvalue weighted by Gasteiger charge is -2.05. The molecule has 7 rings (SSSR count). The maximum atomic E-state index is 6.75. The number of rotatable bonds is 10. The van der Waals surface area contributed by atoms with E-state index in [0.29, 0.717) is 35.0 Å². The summed E-state index contributed by atoms with van der Waals surface area (Å²) in [7, 11) is 0. The minimum Gasteiger partial charge on any atom is -0.383 e.